The van der Waals surface area contributed by atoms with Gasteiger partial charge in [0, 0.05) is 30.3 Å². The largest absolute Gasteiger partial charge is 0.326 e. The maximum absolute atomic E-state index is 11.6. The topological polar surface area (TPSA) is 84.3 Å². The lowest BCUT2D eigenvalue weighted by Gasteiger charge is -2.11. The van der Waals surface area contributed by atoms with E-state index in [1.54, 1.807) is 0 Å². The van der Waals surface area contributed by atoms with Crippen LogP contribution < -0.4 is 10.6 Å². The van der Waals surface area contributed by atoms with E-state index < -0.39 is 4.92 Å². The molecular weight excluding hydrogens is 234 g/mol. The minimum Gasteiger partial charge on any atom is -0.326 e. The monoisotopic (exact) mass is 251 g/mol. The number of nitro benzene ring substituents is 1. The van der Waals surface area contributed by atoms with Gasteiger partial charge in [0.1, 0.15) is 0 Å². The number of hydrogen-bond donors (Lipinski definition) is 2. The van der Waals surface area contributed by atoms with E-state index in [-0.39, 0.29) is 17.6 Å². The molecule has 0 spiro atoms. The lowest BCUT2D eigenvalue weighted by atomic mass is 10.2. The lowest BCUT2D eigenvalue weighted by Crippen LogP contribution is -2.30. The fourth-order valence-electron chi connectivity index (χ4n) is 1.58. The Kier molecular flexibility index (Phi) is 5.26. The smallest absolute Gasteiger partial charge is 0.269 e. The minimum absolute atomic E-state index is 0.00835. The summed E-state index contributed by atoms with van der Waals surface area (Å²) in [5.41, 5.74) is 0.573. The van der Waals surface area contributed by atoms with Crippen LogP contribution in [0.3, 0.4) is 0 Å². The molecule has 1 atom stereocenters. The van der Waals surface area contributed by atoms with Crippen molar-refractivity contribution in [3.8, 4) is 0 Å². The number of nitrogens with zero attached hydrogens (tertiary/aromatic N) is 1. The van der Waals surface area contributed by atoms with Crippen molar-refractivity contribution in [3.05, 3.63) is 34.4 Å². The average Bonchev–Trinajstić information content (AvgIpc) is 2.29. The minimum atomic E-state index is -0.473. The Labute approximate surface area is 106 Å². The van der Waals surface area contributed by atoms with E-state index >= 15 is 0 Å². The highest BCUT2D eigenvalue weighted by atomic mass is 16.6. The van der Waals surface area contributed by atoms with Gasteiger partial charge in [-0.25, -0.2) is 0 Å². The summed E-state index contributed by atoms with van der Waals surface area (Å²) in [5, 5.41) is 16.3. The Morgan fingerprint density at radius 2 is 2.00 bits per heavy atom. The number of anilines is 1. The molecule has 0 aliphatic carbocycles. The Hall–Kier alpha value is -1.95. The van der Waals surface area contributed by atoms with Crippen molar-refractivity contribution in [2.24, 2.45) is 0 Å². The molecule has 1 rings (SSSR count). The third kappa shape index (κ3) is 4.50. The van der Waals surface area contributed by atoms with Crippen LogP contribution in [0.2, 0.25) is 0 Å². The lowest BCUT2D eigenvalue weighted by molar-refractivity contribution is -0.384. The number of hydrogen-bond acceptors (Lipinski definition) is 4. The quantitative estimate of drug-likeness (QED) is 0.597. The van der Waals surface area contributed by atoms with Gasteiger partial charge in [-0.3, -0.25) is 14.9 Å². The molecule has 1 unspecified atom stereocenters. The number of nitrogens with one attached hydrogen (secondary N) is 2. The molecule has 2 N–H and O–H groups in total. The molecule has 1 aromatic carbocycles. The summed E-state index contributed by atoms with van der Waals surface area (Å²) >= 11 is 0. The highest BCUT2D eigenvalue weighted by molar-refractivity contribution is 5.91. The number of carbonyl (C=O) groups excluding carboxylic acids is 1. The maximum Gasteiger partial charge on any atom is 0.269 e. The Bertz CT molecular complexity index is 417. The molecule has 0 radical (unpaired) electrons. The number of nitro groups is 1. The first-order valence-corrected chi connectivity index (χ1v) is 5.80. The number of benzene rings is 1. The zero-order valence-electron chi connectivity index (χ0n) is 10.5. The van der Waals surface area contributed by atoms with Crippen LogP contribution in [0.15, 0.2) is 24.3 Å². The zero-order chi connectivity index (χ0) is 13.5. The molecule has 98 valence electrons. The van der Waals surface area contributed by atoms with Crippen molar-refractivity contribution in [2.45, 2.75) is 26.3 Å². The highest BCUT2D eigenvalue weighted by Crippen LogP contribution is 2.15. The molecule has 0 fully saturated rings. The summed E-state index contributed by atoms with van der Waals surface area (Å²) in [7, 11) is 0. The average molecular weight is 251 g/mol. The molecule has 18 heavy (non-hydrogen) atoms. The zero-order valence-corrected chi connectivity index (χ0v) is 10.5. The maximum atomic E-state index is 11.6. The summed E-state index contributed by atoms with van der Waals surface area (Å²) < 4.78 is 0. The Morgan fingerprint density at radius 3 is 2.50 bits per heavy atom. The number of rotatable bonds is 6. The first-order chi connectivity index (χ1) is 8.52. The van der Waals surface area contributed by atoms with Crippen molar-refractivity contribution in [1.82, 2.24) is 5.32 Å². The summed E-state index contributed by atoms with van der Waals surface area (Å²) in [4.78, 5) is 21.6. The summed E-state index contributed by atoms with van der Waals surface area (Å²) in [5.74, 6) is -0.114. The second kappa shape index (κ2) is 6.70. The van der Waals surface area contributed by atoms with E-state index in [9.17, 15) is 14.9 Å². The molecule has 0 saturated carbocycles. The van der Waals surface area contributed by atoms with Gasteiger partial charge in [0.25, 0.3) is 5.69 Å². The van der Waals surface area contributed by atoms with Crippen LogP contribution >= 0.6 is 0 Å². The molecule has 1 aromatic rings. The van der Waals surface area contributed by atoms with Crippen LogP contribution in [0.1, 0.15) is 20.3 Å². The first-order valence-electron chi connectivity index (χ1n) is 5.80. The second-order valence-corrected chi connectivity index (χ2v) is 4.02. The molecule has 0 heterocycles. The molecule has 6 nitrogen and oxygen atoms in total. The molecule has 0 aliphatic rings. The van der Waals surface area contributed by atoms with Crippen LogP contribution in [-0.2, 0) is 4.79 Å². The van der Waals surface area contributed by atoms with E-state index in [4.69, 9.17) is 0 Å². The first kappa shape index (κ1) is 14.1. The highest BCUT2D eigenvalue weighted by Gasteiger charge is 2.09. The van der Waals surface area contributed by atoms with E-state index in [0.717, 1.165) is 6.54 Å². The molecule has 0 aliphatic heterocycles. The van der Waals surface area contributed by atoms with E-state index in [0.29, 0.717) is 12.1 Å². The van der Waals surface area contributed by atoms with Gasteiger partial charge in [-0.1, -0.05) is 6.92 Å². The van der Waals surface area contributed by atoms with Gasteiger partial charge < -0.3 is 10.6 Å². The van der Waals surface area contributed by atoms with E-state index in [2.05, 4.69) is 10.6 Å². The van der Waals surface area contributed by atoms with Crippen molar-refractivity contribution in [2.75, 3.05) is 11.9 Å². The molecule has 0 saturated heterocycles. The normalized spacial score (nSPS) is 11.9. The third-order valence-electron chi connectivity index (χ3n) is 2.41. The fraction of sp³-hybridized carbons (Fsp3) is 0.417. The van der Waals surface area contributed by atoms with Crippen molar-refractivity contribution in [3.63, 3.8) is 0 Å². The molecule has 1 amide bonds. The number of amides is 1. The molecule has 6 heteroatoms. The van der Waals surface area contributed by atoms with Crippen LogP contribution in [0.4, 0.5) is 11.4 Å². The Morgan fingerprint density at radius 1 is 1.39 bits per heavy atom. The van der Waals surface area contributed by atoms with Crippen LogP contribution in [-0.4, -0.2) is 23.4 Å². The summed E-state index contributed by atoms with van der Waals surface area (Å²) in [6.45, 7) is 4.72. The third-order valence-corrected chi connectivity index (χ3v) is 2.41. The second-order valence-electron chi connectivity index (χ2n) is 4.02. The predicted octanol–water partition coefficient (Wildman–Crippen LogP) is 1.92. The van der Waals surface area contributed by atoms with Crippen LogP contribution in [0.25, 0.3) is 0 Å². The van der Waals surface area contributed by atoms with Gasteiger partial charge in [0.05, 0.1) is 4.92 Å². The van der Waals surface area contributed by atoms with Gasteiger partial charge in [-0.2, -0.15) is 0 Å². The van der Waals surface area contributed by atoms with Crippen LogP contribution in [0.5, 0.6) is 0 Å². The standard InChI is InChI=1S/C12H17N3O3/c1-3-13-9(2)8-12(16)14-10-4-6-11(7-5-10)15(17)18/h4-7,9,13H,3,8H2,1-2H3,(H,14,16). The van der Waals surface area contributed by atoms with Gasteiger partial charge in [-0.05, 0) is 25.6 Å². The van der Waals surface area contributed by atoms with Gasteiger partial charge in [0.15, 0.2) is 0 Å². The SMILES string of the molecule is CCNC(C)CC(=O)Nc1ccc([N+](=O)[O-])cc1. The molecule has 0 aromatic heterocycles. The van der Waals surface area contributed by atoms with Gasteiger partial charge in [0.2, 0.25) is 5.91 Å². The summed E-state index contributed by atoms with van der Waals surface area (Å²) in [6, 6.07) is 5.88. The van der Waals surface area contributed by atoms with Gasteiger partial charge >= 0.3 is 0 Å². The van der Waals surface area contributed by atoms with E-state index in [1.807, 2.05) is 13.8 Å². The van der Waals surface area contributed by atoms with Crippen LogP contribution in [0, 0.1) is 10.1 Å². The fourth-order valence-corrected chi connectivity index (χ4v) is 1.58. The summed E-state index contributed by atoms with van der Waals surface area (Å²) in [6.07, 6.45) is 0.366. The molecular formula is C12H17N3O3. The number of non-ortho nitro benzene ring substituents is 1. The number of carbonyl (C=O) groups is 1. The van der Waals surface area contributed by atoms with Crippen molar-refractivity contribution < 1.29 is 9.72 Å². The molecule has 0 bridgehead atoms. The predicted molar refractivity (Wildman–Crippen MR) is 69.5 cm³/mol. The van der Waals surface area contributed by atoms with E-state index in [1.165, 1.54) is 24.3 Å². The van der Waals surface area contributed by atoms with Crippen molar-refractivity contribution in [1.29, 1.82) is 0 Å². The Balaban J connectivity index is 2.51. The van der Waals surface area contributed by atoms with Gasteiger partial charge in [-0.15, -0.1) is 0 Å². The van der Waals surface area contributed by atoms with Crippen molar-refractivity contribution >= 4 is 17.3 Å².